The van der Waals surface area contributed by atoms with Gasteiger partial charge in [-0.25, -0.2) is 0 Å². The lowest BCUT2D eigenvalue weighted by Gasteiger charge is -2.26. The van der Waals surface area contributed by atoms with Crippen molar-refractivity contribution in [2.75, 3.05) is 13.1 Å². The molecule has 1 aliphatic heterocycles. The summed E-state index contributed by atoms with van der Waals surface area (Å²) in [4.78, 5) is 13.3. The van der Waals surface area contributed by atoms with Crippen LogP contribution in [-0.4, -0.2) is 41.1 Å². The third kappa shape index (κ3) is 2.42. The summed E-state index contributed by atoms with van der Waals surface area (Å²) in [5.74, 6) is 0.0749. The summed E-state index contributed by atoms with van der Waals surface area (Å²) in [6.45, 7) is 2.90. The van der Waals surface area contributed by atoms with Gasteiger partial charge in [-0.05, 0) is 19.8 Å². The summed E-state index contributed by atoms with van der Waals surface area (Å²) < 4.78 is 0. The number of carbonyl (C=O) groups excluding carboxylic acids is 1. The van der Waals surface area contributed by atoms with Crippen molar-refractivity contribution in [3.63, 3.8) is 0 Å². The van der Waals surface area contributed by atoms with E-state index in [4.69, 9.17) is 5.73 Å². The van der Waals surface area contributed by atoms with Crippen molar-refractivity contribution in [2.45, 2.75) is 38.3 Å². The van der Waals surface area contributed by atoms with E-state index in [9.17, 15) is 9.90 Å². The zero-order chi connectivity index (χ0) is 9.84. The number of hydrogen-bond acceptors (Lipinski definition) is 3. The molecular formula is C9H18N2O2. The van der Waals surface area contributed by atoms with Crippen LogP contribution in [0, 0.1) is 0 Å². The minimum absolute atomic E-state index is 0.0130. The van der Waals surface area contributed by atoms with E-state index < -0.39 is 6.10 Å². The highest BCUT2D eigenvalue weighted by molar-refractivity contribution is 5.77. The first-order chi connectivity index (χ1) is 6.16. The maximum atomic E-state index is 11.5. The molecule has 0 bridgehead atoms. The molecule has 76 valence electrons. The summed E-state index contributed by atoms with van der Waals surface area (Å²) in [5, 5.41) is 9.41. The van der Waals surface area contributed by atoms with Gasteiger partial charge in [0.05, 0.1) is 12.1 Å². The van der Waals surface area contributed by atoms with Crippen LogP contribution in [0.15, 0.2) is 0 Å². The topological polar surface area (TPSA) is 66.6 Å². The molecule has 0 aliphatic carbocycles. The SMILES string of the molecule is C[C@H](O)[C@@H]1CCCN1C(=O)CCN. The molecule has 1 heterocycles. The van der Waals surface area contributed by atoms with Crippen molar-refractivity contribution in [3.05, 3.63) is 0 Å². The maximum absolute atomic E-state index is 11.5. The van der Waals surface area contributed by atoms with E-state index in [1.165, 1.54) is 0 Å². The quantitative estimate of drug-likeness (QED) is 0.636. The minimum atomic E-state index is -0.427. The number of aliphatic hydroxyl groups is 1. The van der Waals surface area contributed by atoms with Gasteiger partial charge in [0.25, 0.3) is 0 Å². The lowest BCUT2D eigenvalue weighted by atomic mass is 10.1. The van der Waals surface area contributed by atoms with Gasteiger partial charge in [-0.15, -0.1) is 0 Å². The van der Waals surface area contributed by atoms with E-state index in [-0.39, 0.29) is 11.9 Å². The Morgan fingerprint density at radius 1 is 1.77 bits per heavy atom. The van der Waals surface area contributed by atoms with Crippen LogP contribution >= 0.6 is 0 Å². The van der Waals surface area contributed by atoms with Gasteiger partial charge in [-0.2, -0.15) is 0 Å². The molecule has 13 heavy (non-hydrogen) atoms. The Hall–Kier alpha value is -0.610. The predicted octanol–water partition coefficient (Wildman–Crippen LogP) is -0.293. The zero-order valence-electron chi connectivity index (χ0n) is 8.07. The predicted molar refractivity (Wildman–Crippen MR) is 50.1 cm³/mol. The number of carbonyl (C=O) groups is 1. The molecule has 0 aromatic heterocycles. The lowest BCUT2D eigenvalue weighted by molar-refractivity contribution is -0.133. The summed E-state index contributed by atoms with van der Waals surface area (Å²) >= 11 is 0. The van der Waals surface area contributed by atoms with Crippen LogP contribution < -0.4 is 5.73 Å². The fraction of sp³-hybridized carbons (Fsp3) is 0.889. The van der Waals surface area contributed by atoms with Gasteiger partial charge in [0.1, 0.15) is 0 Å². The van der Waals surface area contributed by atoms with Gasteiger partial charge in [-0.3, -0.25) is 4.79 Å². The largest absolute Gasteiger partial charge is 0.391 e. The molecule has 0 unspecified atom stereocenters. The van der Waals surface area contributed by atoms with Gasteiger partial charge < -0.3 is 15.7 Å². The molecule has 4 nitrogen and oxygen atoms in total. The Morgan fingerprint density at radius 3 is 3.00 bits per heavy atom. The molecule has 3 N–H and O–H groups in total. The Kier molecular flexibility index (Phi) is 3.69. The number of rotatable bonds is 3. The van der Waals surface area contributed by atoms with Crippen molar-refractivity contribution < 1.29 is 9.90 Å². The Morgan fingerprint density at radius 2 is 2.46 bits per heavy atom. The van der Waals surface area contributed by atoms with E-state index in [1.54, 1.807) is 11.8 Å². The number of amides is 1. The summed E-state index contributed by atoms with van der Waals surface area (Å²) in [7, 11) is 0. The number of aliphatic hydroxyl groups excluding tert-OH is 1. The molecule has 0 aromatic carbocycles. The second kappa shape index (κ2) is 4.58. The van der Waals surface area contributed by atoms with Crippen LogP contribution in [-0.2, 0) is 4.79 Å². The summed E-state index contributed by atoms with van der Waals surface area (Å²) in [6.07, 6.45) is 1.87. The molecule has 2 atom stereocenters. The lowest BCUT2D eigenvalue weighted by Crippen LogP contribution is -2.42. The van der Waals surface area contributed by atoms with Gasteiger partial charge in [0.15, 0.2) is 0 Å². The number of nitrogens with two attached hydrogens (primary N) is 1. The Labute approximate surface area is 78.7 Å². The van der Waals surface area contributed by atoms with Crippen molar-refractivity contribution in [3.8, 4) is 0 Å². The molecule has 0 saturated carbocycles. The first kappa shape index (κ1) is 10.5. The molecular weight excluding hydrogens is 168 g/mol. The Bertz CT molecular complexity index is 182. The van der Waals surface area contributed by atoms with Gasteiger partial charge in [0, 0.05) is 19.5 Å². The zero-order valence-corrected chi connectivity index (χ0v) is 8.07. The molecule has 4 heteroatoms. The van der Waals surface area contributed by atoms with Gasteiger partial charge in [0.2, 0.25) is 5.91 Å². The molecule has 0 spiro atoms. The van der Waals surface area contributed by atoms with Crippen molar-refractivity contribution in [1.82, 2.24) is 4.90 Å². The van der Waals surface area contributed by atoms with Crippen molar-refractivity contribution >= 4 is 5.91 Å². The van der Waals surface area contributed by atoms with Crippen molar-refractivity contribution in [1.29, 1.82) is 0 Å². The number of likely N-dealkylation sites (tertiary alicyclic amines) is 1. The van der Waals surface area contributed by atoms with E-state index in [1.807, 2.05) is 0 Å². The van der Waals surface area contributed by atoms with E-state index in [2.05, 4.69) is 0 Å². The van der Waals surface area contributed by atoms with Crippen LogP contribution in [0.5, 0.6) is 0 Å². The summed E-state index contributed by atoms with van der Waals surface area (Å²) in [6, 6.07) is 0.0130. The molecule has 1 aliphatic rings. The van der Waals surface area contributed by atoms with Gasteiger partial charge in [-0.1, -0.05) is 0 Å². The third-order valence-corrected chi connectivity index (χ3v) is 2.53. The molecule has 0 radical (unpaired) electrons. The van der Waals surface area contributed by atoms with Crippen LogP contribution in [0.1, 0.15) is 26.2 Å². The molecule has 1 fully saturated rings. The maximum Gasteiger partial charge on any atom is 0.224 e. The average Bonchev–Trinajstić information content (AvgIpc) is 2.52. The normalized spacial score (nSPS) is 24.8. The smallest absolute Gasteiger partial charge is 0.224 e. The molecule has 0 aromatic rings. The second-order valence-electron chi connectivity index (χ2n) is 3.58. The van der Waals surface area contributed by atoms with Gasteiger partial charge >= 0.3 is 0 Å². The van der Waals surface area contributed by atoms with Crippen LogP contribution in [0.3, 0.4) is 0 Å². The third-order valence-electron chi connectivity index (χ3n) is 2.53. The first-order valence-corrected chi connectivity index (χ1v) is 4.84. The molecule has 1 rings (SSSR count). The highest BCUT2D eigenvalue weighted by atomic mass is 16.3. The molecule has 1 saturated heterocycles. The second-order valence-corrected chi connectivity index (χ2v) is 3.58. The van der Waals surface area contributed by atoms with E-state index >= 15 is 0 Å². The minimum Gasteiger partial charge on any atom is -0.391 e. The van der Waals surface area contributed by atoms with Crippen LogP contribution in [0.4, 0.5) is 0 Å². The van der Waals surface area contributed by atoms with E-state index in [0.29, 0.717) is 13.0 Å². The average molecular weight is 186 g/mol. The molecule has 1 amide bonds. The van der Waals surface area contributed by atoms with Crippen molar-refractivity contribution in [2.24, 2.45) is 5.73 Å². The standard InChI is InChI=1S/C9H18N2O2/c1-7(12)8-3-2-6-11(8)9(13)4-5-10/h7-8,12H,2-6,10H2,1H3/t7-,8-/m0/s1. The number of hydrogen-bond donors (Lipinski definition) is 2. The number of nitrogens with zero attached hydrogens (tertiary/aromatic N) is 1. The van der Waals surface area contributed by atoms with E-state index in [0.717, 1.165) is 19.4 Å². The monoisotopic (exact) mass is 186 g/mol. The highest BCUT2D eigenvalue weighted by Crippen LogP contribution is 2.20. The van der Waals surface area contributed by atoms with Crippen LogP contribution in [0.2, 0.25) is 0 Å². The highest BCUT2D eigenvalue weighted by Gasteiger charge is 2.30. The Balaban J connectivity index is 2.52. The first-order valence-electron chi connectivity index (χ1n) is 4.84. The van der Waals surface area contributed by atoms with Crippen LogP contribution in [0.25, 0.3) is 0 Å². The fourth-order valence-corrected chi connectivity index (χ4v) is 1.87. The summed E-state index contributed by atoms with van der Waals surface area (Å²) in [5.41, 5.74) is 5.31. The fourth-order valence-electron chi connectivity index (χ4n) is 1.87.